The van der Waals surface area contributed by atoms with Crippen LogP contribution in [0.15, 0.2) is 24.3 Å². The van der Waals surface area contributed by atoms with Crippen LogP contribution in [0.4, 0.5) is 0 Å². The quantitative estimate of drug-likeness (QED) is 0.588. The van der Waals surface area contributed by atoms with E-state index in [1.807, 2.05) is 13.0 Å². The van der Waals surface area contributed by atoms with Crippen LogP contribution in [0.2, 0.25) is 0 Å². The molecule has 0 aromatic heterocycles. The normalized spacial score (nSPS) is 13.5. The topological polar surface area (TPSA) is 17.1 Å². The summed E-state index contributed by atoms with van der Waals surface area (Å²) in [6, 6.07) is 0. The number of hydrogen-bond donors (Lipinski definition) is 0. The van der Waals surface area contributed by atoms with Gasteiger partial charge < -0.3 is 4.79 Å². The number of Topliss-reactive ketones (excluding diaryl/α,β-unsaturated/α-hetero) is 1. The predicted octanol–water partition coefficient (Wildman–Crippen LogP) is 3.76. The molecule has 0 spiro atoms. The van der Waals surface area contributed by atoms with Crippen LogP contribution in [-0.2, 0) is 4.79 Å². The number of hydrogen-bond acceptors (Lipinski definition) is 1. The van der Waals surface area contributed by atoms with Gasteiger partial charge in [-0.25, -0.2) is 0 Å². The van der Waals surface area contributed by atoms with E-state index in [0.717, 1.165) is 12.0 Å². The molecule has 0 aliphatic rings. The van der Waals surface area contributed by atoms with E-state index in [2.05, 4.69) is 26.5 Å². The van der Waals surface area contributed by atoms with Crippen LogP contribution in [0.25, 0.3) is 0 Å². The van der Waals surface area contributed by atoms with Crippen molar-refractivity contribution in [2.45, 2.75) is 40.5 Å². The molecular formula is C13H22O. The van der Waals surface area contributed by atoms with Crippen molar-refractivity contribution in [2.24, 2.45) is 11.8 Å². The first-order chi connectivity index (χ1) is 6.43. The highest BCUT2D eigenvalue weighted by atomic mass is 16.1. The molecule has 0 saturated carbocycles. The molecule has 1 unspecified atom stereocenters. The Morgan fingerprint density at radius 1 is 1.36 bits per heavy atom. The second kappa shape index (κ2) is 6.58. The molecule has 1 nitrogen and oxygen atoms in total. The summed E-state index contributed by atoms with van der Waals surface area (Å²) in [5, 5.41) is 0. The zero-order valence-electron chi connectivity index (χ0n) is 9.84. The van der Waals surface area contributed by atoms with Crippen molar-refractivity contribution < 1.29 is 4.79 Å². The zero-order chi connectivity index (χ0) is 11.1. The molecule has 0 rings (SSSR count). The number of rotatable bonds is 6. The Bertz CT molecular complexity index is 223. The first-order valence-electron chi connectivity index (χ1n) is 5.26. The van der Waals surface area contributed by atoms with Crippen molar-refractivity contribution >= 4 is 5.78 Å². The van der Waals surface area contributed by atoms with Gasteiger partial charge in [-0.2, -0.15) is 0 Å². The van der Waals surface area contributed by atoms with Crippen molar-refractivity contribution in [1.29, 1.82) is 0 Å². The van der Waals surface area contributed by atoms with Gasteiger partial charge in [0.15, 0.2) is 0 Å². The van der Waals surface area contributed by atoms with E-state index in [9.17, 15) is 4.79 Å². The SMILES string of the molecule is C=C(C)C=CC(CCC(C)=O)C(C)C. The van der Waals surface area contributed by atoms with Crippen molar-refractivity contribution in [3.8, 4) is 0 Å². The molecule has 0 aromatic rings. The maximum atomic E-state index is 10.9. The van der Waals surface area contributed by atoms with Crippen molar-refractivity contribution in [3.63, 3.8) is 0 Å². The van der Waals surface area contributed by atoms with Crippen LogP contribution in [0, 0.1) is 11.8 Å². The van der Waals surface area contributed by atoms with Gasteiger partial charge in [-0.1, -0.05) is 38.2 Å². The monoisotopic (exact) mass is 194 g/mol. The van der Waals surface area contributed by atoms with Crippen molar-refractivity contribution in [1.82, 2.24) is 0 Å². The average molecular weight is 194 g/mol. The molecule has 0 fully saturated rings. The Kier molecular flexibility index (Phi) is 6.18. The third kappa shape index (κ3) is 6.64. The summed E-state index contributed by atoms with van der Waals surface area (Å²) in [5.74, 6) is 1.36. The molecule has 14 heavy (non-hydrogen) atoms. The number of ketones is 1. The van der Waals surface area contributed by atoms with Crippen LogP contribution >= 0.6 is 0 Å². The summed E-state index contributed by atoms with van der Waals surface area (Å²) < 4.78 is 0. The van der Waals surface area contributed by atoms with Gasteiger partial charge in [0.1, 0.15) is 5.78 Å². The van der Waals surface area contributed by atoms with E-state index in [4.69, 9.17) is 0 Å². The minimum Gasteiger partial charge on any atom is -0.300 e. The molecular weight excluding hydrogens is 172 g/mol. The third-order valence-corrected chi connectivity index (χ3v) is 2.31. The summed E-state index contributed by atoms with van der Waals surface area (Å²) >= 11 is 0. The van der Waals surface area contributed by atoms with Crippen LogP contribution in [0.5, 0.6) is 0 Å². The lowest BCUT2D eigenvalue weighted by atomic mass is 9.90. The van der Waals surface area contributed by atoms with E-state index in [0.29, 0.717) is 18.3 Å². The zero-order valence-corrected chi connectivity index (χ0v) is 9.84. The van der Waals surface area contributed by atoms with Gasteiger partial charge >= 0.3 is 0 Å². The average Bonchev–Trinajstić information content (AvgIpc) is 2.02. The molecule has 0 saturated heterocycles. The van der Waals surface area contributed by atoms with Gasteiger partial charge in [0.25, 0.3) is 0 Å². The maximum Gasteiger partial charge on any atom is 0.129 e. The van der Waals surface area contributed by atoms with E-state index in [1.54, 1.807) is 6.92 Å². The Morgan fingerprint density at radius 3 is 2.29 bits per heavy atom. The van der Waals surface area contributed by atoms with Gasteiger partial charge in [-0.05, 0) is 32.1 Å². The molecule has 0 radical (unpaired) electrons. The summed E-state index contributed by atoms with van der Waals surface area (Å²) in [4.78, 5) is 10.9. The number of carbonyl (C=O) groups is 1. The lowest BCUT2D eigenvalue weighted by Gasteiger charge is -2.15. The second-order valence-electron chi connectivity index (χ2n) is 4.35. The van der Waals surface area contributed by atoms with Gasteiger partial charge in [0.2, 0.25) is 0 Å². The molecule has 1 atom stereocenters. The molecule has 80 valence electrons. The molecule has 0 N–H and O–H groups in total. The van der Waals surface area contributed by atoms with E-state index < -0.39 is 0 Å². The van der Waals surface area contributed by atoms with Crippen molar-refractivity contribution in [3.05, 3.63) is 24.3 Å². The fourth-order valence-electron chi connectivity index (χ4n) is 1.31. The third-order valence-electron chi connectivity index (χ3n) is 2.31. The summed E-state index contributed by atoms with van der Waals surface area (Å²) in [6.45, 7) is 11.8. The summed E-state index contributed by atoms with van der Waals surface area (Å²) in [6.07, 6.45) is 5.86. The number of carbonyl (C=O) groups excluding carboxylic acids is 1. The maximum absolute atomic E-state index is 10.9. The van der Waals surface area contributed by atoms with E-state index in [1.165, 1.54) is 0 Å². The summed E-state index contributed by atoms with van der Waals surface area (Å²) in [7, 11) is 0. The predicted molar refractivity (Wildman–Crippen MR) is 62.2 cm³/mol. The fourth-order valence-corrected chi connectivity index (χ4v) is 1.31. The fraction of sp³-hybridized carbons (Fsp3) is 0.615. The molecule has 0 aliphatic carbocycles. The van der Waals surface area contributed by atoms with Gasteiger partial charge in [0, 0.05) is 6.42 Å². The first kappa shape index (κ1) is 13.2. The smallest absolute Gasteiger partial charge is 0.129 e. The minimum atomic E-state index is 0.277. The van der Waals surface area contributed by atoms with Crippen LogP contribution in [0.1, 0.15) is 40.5 Å². The molecule has 0 aliphatic heterocycles. The highest BCUT2D eigenvalue weighted by molar-refractivity contribution is 5.75. The molecule has 0 heterocycles. The van der Waals surface area contributed by atoms with Crippen molar-refractivity contribution in [2.75, 3.05) is 0 Å². The first-order valence-corrected chi connectivity index (χ1v) is 5.26. The lowest BCUT2D eigenvalue weighted by Crippen LogP contribution is -2.07. The Hall–Kier alpha value is -0.850. The van der Waals surface area contributed by atoms with Crippen LogP contribution in [-0.4, -0.2) is 5.78 Å². The molecule has 0 aromatic carbocycles. The Morgan fingerprint density at radius 2 is 1.93 bits per heavy atom. The van der Waals surface area contributed by atoms with Crippen LogP contribution < -0.4 is 0 Å². The second-order valence-corrected chi connectivity index (χ2v) is 4.35. The van der Waals surface area contributed by atoms with Crippen LogP contribution in [0.3, 0.4) is 0 Å². The molecule has 0 amide bonds. The minimum absolute atomic E-state index is 0.277. The largest absolute Gasteiger partial charge is 0.300 e. The lowest BCUT2D eigenvalue weighted by molar-refractivity contribution is -0.117. The Balaban J connectivity index is 4.16. The Labute approximate surface area is 87.9 Å². The highest BCUT2D eigenvalue weighted by Gasteiger charge is 2.10. The standard InChI is InChI=1S/C13H22O/c1-10(2)6-8-13(11(3)4)9-7-12(5)14/h6,8,11,13H,1,7,9H2,2-5H3. The van der Waals surface area contributed by atoms with Gasteiger partial charge in [-0.15, -0.1) is 0 Å². The number of allylic oxidation sites excluding steroid dienone is 3. The molecule has 1 heteroatoms. The van der Waals surface area contributed by atoms with Gasteiger partial charge in [-0.3, -0.25) is 0 Å². The van der Waals surface area contributed by atoms with E-state index in [-0.39, 0.29) is 5.78 Å². The van der Waals surface area contributed by atoms with E-state index >= 15 is 0 Å². The summed E-state index contributed by atoms with van der Waals surface area (Å²) in [5.41, 5.74) is 1.07. The molecule has 0 bridgehead atoms. The highest BCUT2D eigenvalue weighted by Crippen LogP contribution is 2.19. The van der Waals surface area contributed by atoms with Gasteiger partial charge in [0.05, 0.1) is 0 Å².